The maximum absolute atomic E-state index is 2.38. The van der Waals surface area contributed by atoms with Crippen LogP contribution in [0, 0.1) is 0 Å². The SMILES string of the molecule is [SiH3]c1ccc(CI)cc1. The van der Waals surface area contributed by atoms with Crippen molar-refractivity contribution in [2.75, 3.05) is 0 Å². The second kappa shape index (κ2) is 3.36. The molecule has 0 saturated carbocycles. The summed E-state index contributed by atoms with van der Waals surface area (Å²) in [5.41, 5.74) is 1.43. The van der Waals surface area contributed by atoms with E-state index in [-0.39, 0.29) is 0 Å². The number of halogens is 1. The maximum atomic E-state index is 2.38. The van der Waals surface area contributed by atoms with Crippen LogP contribution in [0.2, 0.25) is 0 Å². The van der Waals surface area contributed by atoms with E-state index in [0.717, 1.165) is 4.43 Å². The quantitative estimate of drug-likeness (QED) is 0.388. The highest BCUT2D eigenvalue weighted by Crippen LogP contribution is 2.01. The van der Waals surface area contributed by atoms with Crippen LogP contribution in [0.25, 0.3) is 0 Å². The van der Waals surface area contributed by atoms with Gasteiger partial charge in [-0.2, -0.15) is 0 Å². The first-order valence-electron chi connectivity index (χ1n) is 2.94. The van der Waals surface area contributed by atoms with Crippen molar-refractivity contribution >= 4 is 38.0 Å². The summed E-state index contributed by atoms with van der Waals surface area (Å²) in [5, 5.41) is 1.48. The molecular formula is C7H9ISi. The summed E-state index contributed by atoms with van der Waals surface area (Å²) in [7, 11) is 1.17. The van der Waals surface area contributed by atoms with Crippen LogP contribution in [-0.4, -0.2) is 10.2 Å². The molecule has 0 radical (unpaired) electrons. The Labute approximate surface area is 72.2 Å². The van der Waals surface area contributed by atoms with Gasteiger partial charge in [0.15, 0.2) is 0 Å². The minimum Gasteiger partial charge on any atom is -0.0812 e. The minimum atomic E-state index is 1.12. The van der Waals surface area contributed by atoms with E-state index in [4.69, 9.17) is 0 Å². The molecule has 0 aliphatic heterocycles. The van der Waals surface area contributed by atoms with E-state index in [1.165, 1.54) is 21.0 Å². The fourth-order valence-corrected chi connectivity index (χ4v) is 1.52. The third-order valence-corrected chi connectivity index (χ3v) is 2.82. The first-order chi connectivity index (χ1) is 4.33. The molecule has 0 aliphatic rings. The molecule has 2 heteroatoms. The molecule has 0 unspecified atom stereocenters. The van der Waals surface area contributed by atoms with Gasteiger partial charge in [0.05, 0.1) is 0 Å². The van der Waals surface area contributed by atoms with Gasteiger partial charge in [-0.1, -0.05) is 52.0 Å². The highest BCUT2D eigenvalue weighted by Gasteiger charge is 1.85. The van der Waals surface area contributed by atoms with Crippen LogP contribution in [0.1, 0.15) is 5.56 Å². The van der Waals surface area contributed by atoms with E-state index < -0.39 is 0 Å². The fraction of sp³-hybridized carbons (Fsp3) is 0.143. The van der Waals surface area contributed by atoms with Gasteiger partial charge in [0, 0.05) is 14.7 Å². The standard InChI is InChI=1S/C7H9ISi/c8-5-6-1-3-7(9)4-2-6/h1-4H,5H2,9H3. The highest BCUT2D eigenvalue weighted by molar-refractivity contribution is 14.1. The van der Waals surface area contributed by atoms with Crippen molar-refractivity contribution in [3.8, 4) is 0 Å². The van der Waals surface area contributed by atoms with Gasteiger partial charge in [-0.25, -0.2) is 0 Å². The van der Waals surface area contributed by atoms with Gasteiger partial charge in [-0.05, 0) is 5.56 Å². The molecular weight excluding hydrogens is 239 g/mol. The summed E-state index contributed by atoms with van der Waals surface area (Å²) in [6, 6.07) is 8.82. The molecule has 0 aliphatic carbocycles. The predicted molar refractivity (Wildman–Crippen MR) is 53.7 cm³/mol. The third-order valence-electron chi connectivity index (χ3n) is 1.27. The smallest absolute Gasteiger partial charge is 0.0384 e. The maximum Gasteiger partial charge on any atom is 0.0384 e. The lowest BCUT2D eigenvalue weighted by Gasteiger charge is -1.93. The molecule has 1 aromatic rings. The van der Waals surface area contributed by atoms with Crippen LogP contribution in [0.15, 0.2) is 24.3 Å². The zero-order valence-corrected chi connectivity index (χ0v) is 9.55. The van der Waals surface area contributed by atoms with Gasteiger partial charge < -0.3 is 0 Å². The lowest BCUT2D eigenvalue weighted by atomic mass is 10.2. The van der Waals surface area contributed by atoms with Crippen molar-refractivity contribution in [3.63, 3.8) is 0 Å². The molecule has 0 heterocycles. The van der Waals surface area contributed by atoms with Crippen LogP contribution in [0.4, 0.5) is 0 Å². The molecule has 0 spiro atoms. The lowest BCUT2D eigenvalue weighted by Crippen LogP contribution is -1.99. The molecule has 1 rings (SSSR count). The Hall–Kier alpha value is 0.167. The largest absolute Gasteiger partial charge is 0.0812 e. The van der Waals surface area contributed by atoms with E-state index in [2.05, 4.69) is 46.9 Å². The van der Waals surface area contributed by atoms with Gasteiger partial charge in [-0.15, -0.1) is 0 Å². The van der Waals surface area contributed by atoms with Crippen LogP contribution >= 0.6 is 22.6 Å². The number of hydrogen-bond acceptors (Lipinski definition) is 0. The number of hydrogen-bond donors (Lipinski definition) is 0. The number of alkyl halides is 1. The Morgan fingerprint density at radius 2 is 1.78 bits per heavy atom. The van der Waals surface area contributed by atoms with Gasteiger partial charge in [-0.3, -0.25) is 0 Å². The predicted octanol–water partition coefficient (Wildman–Crippen LogP) is 0.612. The molecule has 0 amide bonds. The van der Waals surface area contributed by atoms with Gasteiger partial charge >= 0.3 is 0 Å². The highest BCUT2D eigenvalue weighted by atomic mass is 127. The van der Waals surface area contributed by atoms with Crippen molar-refractivity contribution in [2.24, 2.45) is 0 Å². The summed E-state index contributed by atoms with van der Waals surface area (Å²) in [6.45, 7) is 0. The van der Waals surface area contributed by atoms with Gasteiger partial charge in [0.1, 0.15) is 0 Å². The van der Waals surface area contributed by atoms with Crippen molar-refractivity contribution in [2.45, 2.75) is 4.43 Å². The number of benzene rings is 1. The Bertz CT molecular complexity index is 181. The molecule has 0 fully saturated rings. The van der Waals surface area contributed by atoms with Crippen LogP contribution in [0.3, 0.4) is 0 Å². The normalized spacial score (nSPS) is 9.89. The summed E-state index contributed by atoms with van der Waals surface area (Å²) < 4.78 is 1.12. The monoisotopic (exact) mass is 248 g/mol. The van der Waals surface area contributed by atoms with Gasteiger partial charge in [0.2, 0.25) is 0 Å². The topological polar surface area (TPSA) is 0 Å². The van der Waals surface area contributed by atoms with Crippen molar-refractivity contribution in [1.82, 2.24) is 0 Å². The van der Waals surface area contributed by atoms with Crippen molar-refractivity contribution in [3.05, 3.63) is 29.8 Å². The van der Waals surface area contributed by atoms with Crippen LogP contribution < -0.4 is 5.19 Å². The molecule has 1 aromatic carbocycles. The average molecular weight is 248 g/mol. The molecule has 0 aromatic heterocycles. The minimum absolute atomic E-state index is 1.12. The van der Waals surface area contributed by atoms with E-state index in [1.807, 2.05) is 0 Å². The Kier molecular flexibility index (Phi) is 2.72. The molecule has 9 heavy (non-hydrogen) atoms. The molecule has 0 nitrogen and oxygen atoms in total. The van der Waals surface area contributed by atoms with E-state index in [9.17, 15) is 0 Å². The first-order valence-corrected chi connectivity index (χ1v) is 5.47. The summed E-state index contributed by atoms with van der Waals surface area (Å²) in [6.07, 6.45) is 0. The summed E-state index contributed by atoms with van der Waals surface area (Å²) in [4.78, 5) is 0. The molecule has 0 N–H and O–H groups in total. The summed E-state index contributed by atoms with van der Waals surface area (Å²) in [5.74, 6) is 0. The lowest BCUT2D eigenvalue weighted by molar-refractivity contribution is 1.47. The average Bonchev–Trinajstić information content (AvgIpc) is 1.90. The molecule has 0 bridgehead atoms. The third kappa shape index (κ3) is 2.10. The van der Waals surface area contributed by atoms with E-state index >= 15 is 0 Å². The molecule has 0 atom stereocenters. The van der Waals surface area contributed by atoms with E-state index in [0.29, 0.717) is 0 Å². The Balaban J connectivity index is 2.88. The van der Waals surface area contributed by atoms with Crippen molar-refractivity contribution in [1.29, 1.82) is 0 Å². The van der Waals surface area contributed by atoms with Crippen LogP contribution in [-0.2, 0) is 4.43 Å². The fourth-order valence-electron chi connectivity index (χ4n) is 0.677. The number of rotatable bonds is 1. The van der Waals surface area contributed by atoms with Crippen LogP contribution in [0.5, 0.6) is 0 Å². The zero-order chi connectivity index (χ0) is 6.69. The first kappa shape index (κ1) is 7.28. The second-order valence-electron chi connectivity index (χ2n) is 2.12. The summed E-state index contributed by atoms with van der Waals surface area (Å²) >= 11 is 2.38. The molecule has 0 saturated heterocycles. The Morgan fingerprint density at radius 3 is 2.22 bits per heavy atom. The Morgan fingerprint density at radius 1 is 1.22 bits per heavy atom. The van der Waals surface area contributed by atoms with Gasteiger partial charge in [0.25, 0.3) is 0 Å². The van der Waals surface area contributed by atoms with E-state index in [1.54, 1.807) is 0 Å². The zero-order valence-electron chi connectivity index (χ0n) is 5.39. The second-order valence-corrected chi connectivity index (χ2v) is 4.04. The molecule has 48 valence electrons. The van der Waals surface area contributed by atoms with Crippen molar-refractivity contribution < 1.29 is 0 Å².